The van der Waals surface area contributed by atoms with Crippen LogP contribution in [-0.4, -0.2) is 26.9 Å². The van der Waals surface area contributed by atoms with Crippen molar-refractivity contribution in [2.75, 3.05) is 26.9 Å². The SMILES string of the molecule is CCCNC(c1ccc(C)c(C)c1OC)C1CCCOC1. The van der Waals surface area contributed by atoms with Crippen molar-refractivity contribution < 1.29 is 9.47 Å². The fraction of sp³-hybridized carbons (Fsp3) is 0.667. The Hall–Kier alpha value is -1.06. The number of ether oxygens (including phenoxy) is 2. The van der Waals surface area contributed by atoms with Gasteiger partial charge in [-0.05, 0) is 50.8 Å². The Morgan fingerprint density at radius 1 is 1.38 bits per heavy atom. The first kappa shape index (κ1) is 16.3. The van der Waals surface area contributed by atoms with Gasteiger partial charge in [0.25, 0.3) is 0 Å². The van der Waals surface area contributed by atoms with Crippen LogP contribution in [0.15, 0.2) is 12.1 Å². The second-order valence-electron chi connectivity index (χ2n) is 6.04. The van der Waals surface area contributed by atoms with E-state index in [4.69, 9.17) is 9.47 Å². The molecule has 1 aliphatic rings. The molecule has 3 heteroatoms. The van der Waals surface area contributed by atoms with Gasteiger partial charge < -0.3 is 14.8 Å². The van der Waals surface area contributed by atoms with E-state index in [1.54, 1.807) is 7.11 Å². The van der Waals surface area contributed by atoms with Crippen molar-refractivity contribution in [1.29, 1.82) is 0 Å². The van der Waals surface area contributed by atoms with E-state index < -0.39 is 0 Å². The van der Waals surface area contributed by atoms with Crippen LogP contribution in [0.2, 0.25) is 0 Å². The third-order valence-corrected chi connectivity index (χ3v) is 4.53. The minimum atomic E-state index is 0.319. The monoisotopic (exact) mass is 291 g/mol. The molecule has 1 N–H and O–H groups in total. The molecular formula is C18H29NO2. The first-order valence-electron chi connectivity index (χ1n) is 8.14. The molecule has 0 aliphatic carbocycles. The lowest BCUT2D eigenvalue weighted by atomic mass is 9.86. The quantitative estimate of drug-likeness (QED) is 0.865. The summed E-state index contributed by atoms with van der Waals surface area (Å²) < 4.78 is 11.4. The highest BCUT2D eigenvalue weighted by molar-refractivity contribution is 5.47. The van der Waals surface area contributed by atoms with Gasteiger partial charge in [0.1, 0.15) is 5.75 Å². The van der Waals surface area contributed by atoms with Gasteiger partial charge in [0.15, 0.2) is 0 Å². The molecule has 0 bridgehead atoms. The maximum absolute atomic E-state index is 5.73. The van der Waals surface area contributed by atoms with Gasteiger partial charge in [0.05, 0.1) is 13.7 Å². The van der Waals surface area contributed by atoms with E-state index in [1.807, 2.05) is 0 Å². The Morgan fingerprint density at radius 3 is 2.81 bits per heavy atom. The lowest BCUT2D eigenvalue weighted by Crippen LogP contribution is -2.34. The largest absolute Gasteiger partial charge is 0.496 e. The van der Waals surface area contributed by atoms with E-state index in [1.165, 1.54) is 23.1 Å². The van der Waals surface area contributed by atoms with Crippen molar-refractivity contribution in [3.8, 4) is 5.75 Å². The molecule has 2 atom stereocenters. The fourth-order valence-electron chi connectivity index (χ4n) is 3.19. The molecule has 1 aromatic rings. The van der Waals surface area contributed by atoms with Crippen LogP contribution >= 0.6 is 0 Å². The van der Waals surface area contributed by atoms with Crippen molar-refractivity contribution in [1.82, 2.24) is 5.32 Å². The standard InChI is InChI=1S/C18H29NO2/c1-5-10-19-17(15-7-6-11-21-12-15)16-9-8-13(2)14(3)18(16)20-4/h8-9,15,17,19H,5-7,10-12H2,1-4H3. The predicted molar refractivity (Wildman–Crippen MR) is 87.0 cm³/mol. The van der Waals surface area contributed by atoms with E-state index in [-0.39, 0.29) is 0 Å². The highest BCUT2D eigenvalue weighted by atomic mass is 16.5. The number of methoxy groups -OCH3 is 1. The molecule has 0 spiro atoms. The van der Waals surface area contributed by atoms with E-state index in [2.05, 4.69) is 38.2 Å². The number of hydrogen-bond donors (Lipinski definition) is 1. The Balaban J connectivity index is 2.33. The van der Waals surface area contributed by atoms with Crippen molar-refractivity contribution in [3.05, 3.63) is 28.8 Å². The zero-order chi connectivity index (χ0) is 15.2. The second kappa shape index (κ2) is 7.81. The van der Waals surface area contributed by atoms with Crippen LogP contribution < -0.4 is 10.1 Å². The summed E-state index contributed by atoms with van der Waals surface area (Å²) in [6.07, 6.45) is 3.51. The molecule has 2 rings (SSSR count). The van der Waals surface area contributed by atoms with Crippen molar-refractivity contribution in [2.45, 2.75) is 46.1 Å². The summed E-state index contributed by atoms with van der Waals surface area (Å²) in [6.45, 7) is 9.26. The molecule has 1 fully saturated rings. The van der Waals surface area contributed by atoms with Crippen LogP contribution in [0.1, 0.15) is 48.9 Å². The summed E-state index contributed by atoms with van der Waals surface area (Å²) in [5.41, 5.74) is 3.81. The second-order valence-corrected chi connectivity index (χ2v) is 6.04. The van der Waals surface area contributed by atoms with Crippen LogP contribution in [0, 0.1) is 19.8 Å². The zero-order valence-corrected chi connectivity index (χ0v) is 13.9. The summed E-state index contributed by atoms with van der Waals surface area (Å²) in [4.78, 5) is 0. The van der Waals surface area contributed by atoms with Gasteiger partial charge in [-0.2, -0.15) is 0 Å². The van der Waals surface area contributed by atoms with Gasteiger partial charge in [0, 0.05) is 24.1 Å². The minimum absolute atomic E-state index is 0.319. The molecule has 0 aromatic heterocycles. The topological polar surface area (TPSA) is 30.5 Å². The minimum Gasteiger partial charge on any atom is -0.496 e. The van der Waals surface area contributed by atoms with Gasteiger partial charge in [-0.25, -0.2) is 0 Å². The summed E-state index contributed by atoms with van der Waals surface area (Å²) in [5.74, 6) is 1.57. The highest BCUT2D eigenvalue weighted by Gasteiger charge is 2.28. The Kier molecular flexibility index (Phi) is 6.07. The highest BCUT2D eigenvalue weighted by Crippen LogP contribution is 2.37. The van der Waals surface area contributed by atoms with E-state index >= 15 is 0 Å². The molecule has 118 valence electrons. The van der Waals surface area contributed by atoms with Gasteiger partial charge in [-0.1, -0.05) is 19.1 Å². The zero-order valence-electron chi connectivity index (χ0n) is 13.9. The van der Waals surface area contributed by atoms with Gasteiger partial charge in [-0.15, -0.1) is 0 Å². The Labute approximate surface area is 129 Å². The summed E-state index contributed by atoms with van der Waals surface area (Å²) in [7, 11) is 1.78. The summed E-state index contributed by atoms with van der Waals surface area (Å²) in [5, 5.41) is 3.72. The predicted octanol–water partition coefficient (Wildman–Crippen LogP) is 3.78. The normalized spacial score (nSPS) is 20.3. The molecule has 1 saturated heterocycles. The summed E-state index contributed by atoms with van der Waals surface area (Å²) >= 11 is 0. The molecule has 0 saturated carbocycles. The van der Waals surface area contributed by atoms with Crippen LogP contribution in [0.3, 0.4) is 0 Å². The molecule has 0 radical (unpaired) electrons. The molecule has 21 heavy (non-hydrogen) atoms. The van der Waals surface area contributed by atoms with E-state index in [0.29, 0.717) is 12.0 Å². The average molecular weight is 291 g/mol. The first-order valence-corrected chi connectivity index (χ1v) is 8.14. The Bertz CT molecular complexity index is 453. The molecular weight excluding hydrogens is 262 g/mol. The third-order valence-electron chi connectivity index (χ3n) is 4.53. The van der Waals surface area contributed by atoms with Gasteiger partial charge >= 0.3 is 0 Å². The maximum atomic E-state index is 5.73. The number of hydrogen-bond acceptors (Lipinski definition) is 3. The average Bonchev–Trinajstić information content (AvgIpc) is 2.52. The molecule has 2 unspecified atom stereocenters. The number of rotatable bonds is 6. The van der Waals surface area contributed by atoms with Crippen LogP contribution in [0.25, 0.3) is 0 Å². The van der Waals surface area contributed by atoms with E-state index in [0.717, 1.165) is 38.3 Å². The van der Waals surface area contributed by atoms with Crippen molar-refractivity contribution in [3.63, 3.8) is 0 Å². The smallest absolute Gasteiger partial charge is 0.126 e. The fourth-order valence-corrected chi connectivity index (χ4v) is 3.19. The lowest BCUT2D eigenvalue weighted by Gasteiger charge is -2.32. The van der Waals surface area contributed by atoms with Crippen molar-refractivity contribution in [2.24, 2.45) is 5.92 Å². The molecule has 1 aromatic carbocycles. The molecule has 3 nitrogen and oxygen atoms in total. The number of aryl methyl sites for hydroxylation is 1. The van der Waals surface area contributed by atoms with Gasteiger partial charge in [0.2, 0.25) is 0 Å². The Morgan fingerprint density at radius 2 is 2.19 bits per heavy atom. The van der Waals surface area contributed by atoms with Crippen molar-refractivity contribution >= 4 is 0 Å². The third kappa shape index (κ3) is 3.78. The van der Waals surface area contributed by atoms with E-state index in [9.17, 15) is 0 Å². The number of nitrogens with one attached hydrogen (secondary N) is 1. The molecule has 0 amide bonds. The van der Waals surface area contributed by atoms with Crippen LogP contribution in [0.4, 0.5) is 0 Å². The van der Waals surface area contributed by atoms with Crippen LogP contribution in [-0.2, 0) is 4.74 Å². The van der Waals surface area contributed by atoms with Gasteiger partial charge in [-0.3, -0.25) is 0 Å². The lowest BCUT2D eigenvalue weighted by molar-refractivity contribution is 0.0386. The van der Waals surface area contributed by atoms with Crippen LogP contribution in [0.5, 0.6) is 5.75 Å². The molecule has 1 heterocycles. The summed E-state index contributed by atoms with van der Waals surface area (Å²) in [6, 6.07) is 4.75. The number of benzene rings is 1. The first-order chi connectivity index (χ1) is 10.2. The maximum Gasteiger partial charge on any atom is 0.126 e. The molecule has 1 aliphatic heterocycles.